The smallest absolute Gasteiger partial charge is 0.305 e. The molecule has 0 saturated heterocycles. The van der Waals surface area contributed by atoms with Gasteiger partial charge in [0.1, 0.15) is 5.78 Å². The number of ether oxygens (including phenoxy) is 1. The van der Waals surface area contributed by atoms with Crippen molar-refractivity contribution in [2.75, 3.05) is 7.11 Å². The molecule has 0 heterocycles. The van der Waals surface area contributed by atoms with Crippen LogP contribution in [0.25, 0.3) is 0 Å². The zero-order valence-corrected chi connectivity index (χ0v) is 16.9. The summed E-state index contributed by atoms with van der Waals surface area (Å²) in [5.74, 6) is 3.20. The van der Waals surface area contributed by atoms with Gasteiger partial charge in [-0.1, -0.05) is 26.7 Å². The molecule has 0 aromatic rings. The highest BCUT2D eigenvalue weighted by Gasteiger charge is 2.61. The van der Waals surface area contributed by atoms with Gasteiger partial charge in [-0.15, -0.1) is 0 Å². The number of hydrogen-bond donors (Lipinski definition) is 0. The van der Waals surface area contributed by atoms with Gasteiger partial charge in [-0.25, -0.2) is 0 Å². The number of carbonyl (C=O) groups excluding carboxylic acids is 2. The van der Waals surface area contributed by atoms with Crippen molar-refractivity contribution < 1.29 is 14.3 Å². The van der Waals surface area contributed by atoms with Crippen LogP contribution in [0.15, 0.2) is 0 Å². The fraction of sp³-hybridized carbons (Fsp3) is 0.913. The number of esters is 1. The highest BCUT2D eigenvalue weighted by molar-refractivity contribution is 5.83. The predicted octanol–water partition coefficient (Wildman–Crippen LogP) is 5.17. The van der Waals surface area contributed by atoms with Crippen molar-refractivity contribution in [1.29, 1.82) is 0 Å². The lowest BCUT2D eigenvalue weighted by atomic mass is 9.44. The van der Waals surface area contributed by atoms with Crippen molar-refractivity contribution in [1.82, 2.24) is 0 Å². The van der Waals surface area contributed by atoms with Gasteiger partial charge in [-0.3, -0.25) is 9.59 Å². The van der Waals surface area contributed by atoms with Gasteiger partial charge in [0.25, 0.3) is 0 Å². The summed E-state index contributed by atoms with van der Waals surface area (Å²) in [6, 6.07) is 0. The van der Waals surface area contributed by atoms with Crippen molar-refractivity contribution in [3.05, 3.63) is 0 Å². The Labute approximate surface area is 158 Å². The Balaban J connectivity index is 1.56. The molecular weight excluding hydrogens is 324 g/mol. The van der Waals surface area contributed by atoms with E-state index >= 15 is 0 Å². The lowest BCUT2D eigenvalue weighted by Gasteiger charge is -2.59. The maximum atomic E-state index is 13.3. The summed E-state index contributed by atoms with van der Waals surface area (Å²) in [4.78, 5) is 24.9. The second kappa shape index (κ2) is 6.63. The number of hydrogen-bond acceptors (Lipinski definition) is 3. The third kappa shape index (κ3) is 2.67. The molecule has 26 heavy (non-hydrogen) atoms. The standard InChI is InChI=1S/C23H36O3/c1-22-12-5-4-6-16(22)14-19(24)21-17-9-7-15(8-10-20(25)26-3)23(17,2)13-11-18(21)22/h15-18,21H,4-14H2,1-3H3. The molecule has 0 amide bonds. The first kappa shape index (κ1) is 18.5. The molecule has 4 aliphatic rings. The molecule has 7 unspecified atom stereocenters. The number of carbonyl (C=O) groups is 2. The van der Waals surface area contributed by atoms with Crippen molar-refractivity contribution in [3.63, 3.8) is 0 Å². The molecule has 4 aliphatic carbocycles. The summed E-state index contributed by atoms with van der Waals surface area (Å²) < 4.78 is 4.86. The van der Waals surface area contributed by atoms with Gasteiger partial charge in [0.05, 0.1) is 7.11 Å². The Bertz CT molecular complexity index is 584. The van der Waals surface area contributed by atoms with E-state index in [0.717, 1.165) is 12.8 Å². The van der Waals surface area contributed by atoms with Gasteiger partial charge in [-0.05, 0) is 79.4 Å². The molecule has 0 aromatic carbocycles. The monoisotopic (exact) mass is 360 g/mol. The Kier molecular flexibility index (Phi) is 4.72. The highest BCUT2D eigenvalue weighted by atomic mass is 16.5. The summed E-state index contributed by atoms with van der Waals surface area (Å²) in [6.07, 6.45) is 12.5. The molecule has 3 heteroatoms. The van der Waals surface area contributed by atoms with E-state index in [2.05, 4.69) is 13.8 Å². The number of Topliss-reactive ketones (excluding diaryl/α,β-unsaturated/α-hetero) is 1. The van der Waals surface area contributed by atoms with E-state index in [-0.39, 0.29) is 11.4 Å². The van der Waals surface area contributed by atoms with Gasteiger partial charge < -0.3 is 4.74 Å². The molecule has 0 aliphatic heterocycles. The van der Waals surface area contributed by atoms with Crippen LogP contribution >= 0.6 is 0 Å². The zero-order chi connectivity index (χ0) is 18.5. The van der Waals surface area contributed by atoms with E-state index in [1.807, 2.05) is 0 Å². The summed E-state index contributed by atoms with van der Waals surface area (Å²) in [7, 11) is 1.48. The largest absolute Gasteiger partial charge is 0.469 e. The lowest BCUT2D eigenvalue weighted by Crippen LogP contribution is -2.56. The van der Waals surface area contributed by atoms with Crippen molar-refractivity contribution in [2.45, 2.75) is 84.5 Å². The maximum Gasteiger partial charge on any atom is 0.305 e. The second-order valence-electron chi connectivity index (χ2n) is 10.3. The molecule has 146 valence electrons. The van der Waals surface area contributed by atoms with Crippen LogP contribution in [-0.2, 0) is 14.3 Å². The quantitative estimate of drug-likeness (QED) is 0.652. The van der Waals surface area contributed by atoms with Gasteiger partial charge in [0.15, 0.2) is 0 Å². The molecular formula is C23H36O3. The SMILES string of the molecule is COC(=O)CCC1CCC2C3C(=O)CC4CCCCC4(C)C3CCC12C. The van der Waals surface area contributed by atoms with Crippen LogP contribution in [0.4, 0.5) is 0 Å². The number of rotatable bonds is 3. The normalized spacial score (nSPS) is 47.7. The van der Waals surface area contributed by atoms with Crippen molar-refractivity contribution >= 4 is 11.8 Å². The van der Waals surface area contributed by atoms with Crippen LogP contribution in [0.2, 0.25) is 0 Å². The first-order valence-electron chi connectivity index (χ1n) is 11.0. The van der Waals surface area contributed by atoms with Crippen LogP contribution in [0.1, 0.15) is 84.5 Å². The summed E-state index contributed by atoms with van der Waals surface area (Å²) in [5, 5.41) is 0. The van der Waals surface area contributed by atoms with E-state index in [1.165, 1.54) is 58.5 Å². The number of fused-ring (bicyclic) bond motifs is 5. The third-order valence-corrected chi connectivity index (χ3v) is 9.51. The molecule has 4 saturated carbocycles. The molecule has 4 rings (SSSR count). The van der Waals surface area contributed by atoms with Crippen LogP contribution in [0.3, 0.4) is 0 Å². The van der Waals surface area contributed by atoms with Gasteiger partial charge >= 0.3 is 5.97 Å². The Morgan fingerprint density at radius 2 is 1.81 bits per heavy atom. The molecule has 0 spiro atoms. The third-order valence-electron chi connectivity index (χ3n) is 9.51. The minimum atomic E-state index is -0.0861. The zero-order valence-electron chi connectivity index (χ0n) is 16.9. The topological polar surface area (TPSA) is 43.4 Å². The van der Waals surface area contributed by atoms with Crippen molar-refractivity contribution in [2.24, 2.45) is 40.4 Å². The van der Waals surface area contributed by atoms with Crippen LogP contribution in [-0.4, -0.2) is 18.9 Å². The van der Waals surface area contributed by atoms with Crippen LogP contribution in [0.5, 0.6) is 0 Å². The summed E-state index contributed by atoms with van der Waals surface area (Å²) in [6.45, 7) is 4.96. The average molecular weight is 361 g/mol. The molecule has 0 bridgehead atoms. The van der Waals surface area contributed by atoms with Crippen LogP contribution in [0, 0.1) is 40.4 Å². The van der Waals surface area contributed by atoms with E-state index in [1.54, 1.807) is 0 Å². The first-order chi connectivity index (χ1) is 12.4. The molecule has 0 radical (unpaired) electrons. The van der Waals surface area contributed by atoms with Gasteiger partial charge in [0, 0.05) is 18.8 Å². The second-order valence-corrected chi connectivity index (χ2v) is 10.3. The first-order valence-corrected chi connectivity index (χ1v) is 11.0. The average Bonchev–Trinajstić information content (AvgIpc) is 2.96. The lowest BCUT2D eigenvalue weighted by molar-refractivity contribution is -0.156. The number of ketones is 1. The Morgan fingerprint density at radius 1 is 1.04 bits per heavy atom. The molecule has 0 aromatic heterocycles. The minimum Gasteiger partial charge on any atom is -0.469 e. The minimum absolute atomic E-state index is 0.0861. The van der Waals surface area contributed by atoms with Crippen molar-refractivity contribution in [3.8, 4) is 0 Å². The van der Waals surface area contributed by atoms with Crippen LogP contribution < -0.4 is 0 Å². The Morgan fingerprint density at radius 3 is 2.58 bits per heavy atom. The van der Waals surface area contributed by atoms with E-state index in [9.17, 15) is 9.59 Å². The fourth-order valence-electron chi connectivity index (χ4n) is 7.94. The predicted molar refractivity (Wildman–Crippen MR) is 101 cm³/mol. The van der Waals surface area contributed by atoms with Gasteiger partial charge in [-0.2, -0.15) is 0 Å². The van der Waals surface area contributed by atoms with E-state index in [0.29, 0.717) is 47.2 Å². The molecule has 4 fully saturated rings. The molecule has 7 atom stereocenters. The van der Waals surface area contributed by atoms with E-state index < -0.39 is 0 Å². The number of methoxy groups -OCH3 is 1. The maximum absolute atomic E-state index is 13.3. The molecule has 3 nitrogen and oxygen atoms in total. The summed E-state index contributed by atoms with van der Waals surface area (Å²) >= 11 is 0. The highest BCUT2D eigenvalue weighted by Crippen LogP contribution is 2.67. The molecule has 0 N–H and O–H groups in total. The van der Waals surface area contributed by atoms with E-state index in [4.69, 9.17) is 4.74 Å². The fourth-order valence-corrected chi connectivity index (χ4v) is 7.94. The van der Waals surface area contributed by atoms with Gasteiger partial charge in [0.2, 0.25) is 0 Å². The Hall–Kier alpha value is -0.860. The summed E-state index contributed by atoms with van der Waals surface area (Å²) in [5.41, 5.74) is 0.658.